The molecule has 0 spiro atoms. The molecule has 1 fully saturated rings. The normalized spacial score (nSPS) is 21.0. The van der Waals surface area contributed by atoms with Crippen LogP contribution in [0.1, 0.15) is 29.5 Å². The van der Waals surface area contributed by atoms with Crippen LogP contribution in [0.25, 0.3) is 0 Å². The Labute approximate surface area is 153 Å². The van der Waals surface area contributed by atoms with Crippen molar-refractivity contribution < 1.29 is 13.9 Å². The first-order valence-corrected chi connectivity index (χ1v) is 9.02. The lowest BCUT2D eigenvalue weighted by Gasteiger charge is -2.28. The maximum absolute atomic E-state index is 13.0. The number of rotatable bonds is 4. The monoisotopic (exact) mass is 353 g/mol. The number of amides is 1. The van der Waals surface area contributed by atoms with Gasteiger partial charge < -0.3 is 9.15 Å². The average molecular weight is 353 g/mol. The number of aryl methyl sites for hydroxylation is 1. The van der Waals surface area contributed by atoms with Crippen LogP contribution in [-0.4, -0.2) is 54.4 Å². The van der Waals surface area contributed by atoms with E-state index in [9.17, 15) is 4.79 Å². The first kappa shape index (κ1) is 17.0. The highest BCUT2D eigenvalue weighted by molar-refractivity contribution is 6.03. The fraction of sp³-hybridized carbons (Fsp3) is 0.400. The molecule has 0 saturated carbocycles. The van der Waals surface area contributed by atoms with Gasteiger partial charge in [-0.1, -0.05) is 30.3 Å². The van der Waals surface area contributed by atoms with Crippen LogP contribution >= 0.6 is 0 Å². The summed E-state index contributed by atoms with van der Waals surface area (Å²) < 4.78 is 11.2. The van der Waals surface area contributed by atoms with Crippen LogP contribution in [0.5, 0.6) is 0 Å². The standard InChI is InChI=1S/C20H23N3O3/c1-15-7-8-19(26-15)18-13-17(16-5-3-2-4-6-16)21-23(18)20(24)14-22-9-11-25-12-10-22/h2-8,18H,9-14H2,1H3/t18-/m0/s1. The fourth-order valence-electron chi connectivity index (χ4n) is 3.42. The summed E-state index contributed by atoms with van der Waals surface area (Å²) in [5.41, 5.74) is 1.96. The SMILES string of the molecule is Cc1ccc([C@@H]2CC(c3ccccc3)=NN2C(=O)CN2CCOCC2)o1. The van der Waals surface area contributed by atoms with Crippen molar-refractivity contribution in [3.8, 4) is 0 Å². The van der Waals surface area contributed by atoms with Gasteiger partial charge in [-0.05, 0) is 24.6 Å². The Morgan fingerprint density at radius 2 is 1.92 bits per heavy atom. The Morgan fingerprint density at radius 3 is 2.62 bits per heavy atom. The van der Waals surface area contributed by atoms with Crippen LogP contribution in [-0.2, 0) is 9.53 Å². The van der Waals surface area contributed by atoms with E-state index >= 15 is 0 Å². The number of carbonyl (C=O) groups is 1. The molecule has 1 aromatic carbocycles. The lowest BCUT2D eigenvalue weighted by molar-refractivity contribution is -0.135. The molecular weight excluding hydrogens is 330 g/mol. The highest BCUT2D eigenvalue weighted by Crippen LogP contribution is 2.33. The van der Waals surface area contributed by atoms with Gasteiger partial charge in [0.05, 0.1) is 25.5 Å². The molecule has 1 saturated heterocycles. The number of ether oxygens (including phenoxy) is 1. The highest BCUT2D eigenvalue weighted by Gasteiger charge is 2.35. The second-order valence-corrected chi connectivity index (χ2v) is 6.71. The van der Waals surface area contributed by atoms with Crippen LogP contribution < -0.4 is 0 Å². The molecule has 0 bridgehead atoms. The number of hydrazone groups is 1. The molecule has 6 heteroatoms. The van der Waals surface area contributed by atoms with Gasteiger partial charge in [0.2, 0.25) is 0 Å². The van der Waals surface area contributed by atoms with Gasteiger partial charge in [0, 0.05) is 19.5 Å². The Bertz CT molecular complexity index is 794. The molecule has 4 rings (SSSR count). The smallest absolute Gasteiger partial charge is 0.257 e. The van der Waals surface area contributed by atoms with Crippen LogP contribution in [0.15, 0.2) is 52.0 Å². The van der Waals surface area contributed by atoms with Crippen LogP contribution in [0.3, 0.4) is 0 Å². The topological polar surface area (TPSA) is 58.3 Å². The molecule has 26 heavy (non-hydrogen) atoms. The van der Waals surface area contributed by atoms with Crippen molar-refractivity contribution in [1.29, 1.82) is 0 Å². The largest absolute Gasteiger partial charge is 0.464 e. The molecule has 6 nitrogen and oxygen atoms in total. The Balaban J connectivity index is 1.58. The van der Waals surface area contributed by atoms with Gasteiger partial charge >= 0.3 is 0 Å². The Morgan fingerprint density at radius 1 is 1.15 bits per heavy atom. The van der Waals surface area contributed by atoms with E-state index in [1.165, 1.54) is 0 Å². The summed E-state index contributed by atoms with van der Waals surface area (Å²) in [5.74, 6) is 1.62. The van der Waals surface area contributed by atoms with Gasteiger partial charge in [-0.2, -0.15) is 5.10 Å². The van der Waals surface area contributed by atoms with Gasteiger partial charge in [-0.25, -0.2) is 5.01 Å². The molecule has 0 aliphatic carbocycles. The lowest BCUT2D eigenvalue weighted by atomic mass is 10.0. The molecule has 136 valence electrons. The second kappa shape index (κ2) is 7.43. The van der Waals surface area contributed by atoms with E-state index in [1.807, 2.05) is 49.4 Å². The third-order valence-electron chi connectivity index (χ3n) is 4.83. The van der Waals surface area contributed by atoms with Crippen LogP contribution in [0, 0.1) is 6.92 Å². The van der Waals surface area contributed by atoms with Gasteiger partial charge in [0.15, 0.2) is 0 Å². The number of morpholine rings is 1. The predicted molar refractivity (Wildman–Crippen MR) is 97.9 cm³/mol. The second-order valence-electron chi connectivity index (χ2n) is 6.71. The van der Waals surface area contributed by atoms with Crippen LogP contribution in [0.2, 0.25) is 0 Å². The maximum atomic E-state index is 13.0. The first-order chi connectivity index (χ1) is 12.7. The van der Waals surface area contributed by atoms with E-state index in [0.29, 0.717) is 26.2 Å². The summed E-state index contributed by atoms with van der Waals surface area (Å²) in [6.07, 6.45) is 0.659. The molecule has 0 radical (unpaired) electrons. The van der Waals surface area contributed by atoms with E-state index in [2.05, 4.69) is 10.0 Å². The fourth-order valence-corrected chi connectivity index (χ4v) is 3.42. The van der Waals surface area contributed by atoms with E-state index in [1.54, 1.807) is 5.01 Å². The van der Waals surface area contributed by atoms with E-state index in [0.717, 1.165) is 35.9 Å². The highest BCUT2D eigenvalue weighted by atomic mass is 16.5. The summed E-state index contributed by atoms with van der Waals surface area (Å²) in [6, 6.07) is 13.7. The van der Waals surface area contributed by atoms with Crippen molar-refractivity contribution in [3.63, 3.8) is 0 Å². The van der Waals surface area contributed by atoms with Crippen molar-refractivity contribution >= 4 is 11.6 Å². The minimum absolute atomic E-state index is 0.00289. The molecule has 1 aromatic heterocycles. The van der Waals surface area contributed by atoms with E-state index in [-0.39, 0.29) is 11.9 Å². The zero-order valence-corrected chi connectivity index (χ0v) is 14.9. The van der Waals surface area contributed by atoms with E-state index in [4.69, 9.17) is 9.15 Å². The molecule has 1 atom stereocenters. The summed E-state index contributed by atoms with van der Waals surface area (Å²) in [6.45, 7) is 5.17. The lowest BCUT2D eigenvalue weighted by Crippen LogP contribution is -2.43. The van der Waals surface area contributed by atoms with Gasteiger partial charge in [0.1, 0.15) is 17.6 Å². The number of hydrogen-bond acceptors (Lipinski definition) is 5. The molecule has 2 aliphatic rings. The number of benzene rings is 1. The molecule has 1 amide bonds. The Kier molecular flexibility index (Phi) is 4.86. The molecule has 0 unspecified atom stereocenters. The average Bonchev–Trinajstić information content (AvgIpc) is 3.30. The van der Waals surface area contributed by atoms with Crippen LogP contribution in [0.4, 0.5) is 0 Å². The van der Waals surface area contributed by atoms with Gasteiger partial charge in [-0.3, -0.25) is 9.69 Å². The maximum Gasteiger partial charge on any atom is 0.257 e. The number of furan rings is 1. The van der Waals surface area contributed by atoms with E-state index < -0.39 is 0 Å². The minimum atomic E-state index is -0.188. The van der Waals surface area contributed by atoms with Crippen molar-refractivity contribution in [1.82, 2.24) is 9.91 Å². The number of nitrogens with zero attached hydrogens (tertiary/aromatic N) is 3. The number of carbonyl (C=O) groups excluding carboxylic acids is 1. The summed E-state index contributed by atoms with van der Waals surface area (Å²) in [4.78, 5) is 15.1. The van der Waals surface area contributed by atoms with Crippen molar-refractivity contribution in [2.24, 2.45) is 5.10 Å². The number of hydrogen-bond donors (Lipinski definition) is 0. The van der Waals surface area contributed by atoms with Crippen molar-refractivity contribution in [2.45, 2.75) is 19.4 Å². The van der Waals surface area contributed by atoms with Crippen molar-refractivity contribution in [3.05, 3.63) is 59.5 Å². The molecule has 2 aliphatic heterocycles. The predicted octanol–water partition coefficient (Wildman–Crippen LogP) is 2.60. The molecule has 2 aromatic rings. The molecule has 0 N–H and O–H groups in total. The quantitative estimate of drug-likeness (QED) is 0.848. The third kappa shape index (κ3) is 3.57. The summed E-state index contributed by atoms with van der Waals surface area (Å²) in [7, 11) is 0. The minimum Gasteiger partial charge on any atom is -0.464 e. The van der Waals surface area contributed by atoms with Crippen molar-refractivity contribution in [2.75, 3.05) is 32.8 Å². The zero-order chi connectivity index (χ0) is 17.9. The summed E-state index contributed by atoms with van der Waals surface area (Å²) in [5, 5.41) is 6.28. The zero-order valence-electron chi connectivity index (χ0n) is 14.9. The summed E-state index contributed by atoms with van der Waals surface area (Å²) >= 11 is 0. The molecular formula is C20H23N3O3. The Hall–Kier alpha value is -2.44. The first-order valence-electron chi connectivity index (χ1n) is 9.02. The van der Waals surface area contributed by atoms with Gasteiger partial charge in [0.25, 0.3) is 5.91 Å². The molecule has 3 heterocycles. The van der Waals surface area contributed by atoms with Gasteiger partial charge in [-0.15, -0.1) is 0 Å². The third-order valence-corrected chi connectivity index (χ3v) is 4.83.